The molecule has 0 radical (unpaired) electrons. The third kappa shape index (κ3) is 4.03. The minimum Gasteiger partial charge on any atom is -0.477 e. The molecule has 6 nitrogen and oxygen atoms in total. The molecule has 1 saturated heterocycles. The van der Waals surface area contributed by atoms with E-state index in [-0.39, 0.29) is 11.6 Å². The lowest BCUT2D eigenvalue weighted by atomic mass is 9.96. The second-order valence-corrected chi connectivity index (χ2v) is 4.70. The first kappa shape index (κ1) is 13.5. The molecule has 1 fully saturated rings. The van der Waals surface area contributed by atoms with Gasteiger partial charge < -0.3 is 15.7 Å². The van der Waals surface area contributed by atoms with Gasteiger partial charge in [0, 0.05) is 6.42 Å². The topological polar surface area (TPSA) is 91.3 Å². The summed E-state index contributed by atoms with van der Waals surface area (Å²) in [7, 11) is 0. The zero-order chi connectivity index (χ0) is 13.7. The first-order valence-corrected chi connectivity index (χ1v) is 6.35. The maximum Gasteiger partial charge on any atom is 0.354 e. The van der Waals surface area contributed by atoms with Gasteiger partial charge in [-0.2, -0.15) is 0 Å². The molecule has 1 aliphatic heterocycles. The van der Waals surface area contributed by atoms with Crippen molar-refractivity contribution in [2.45, 2.75) is 19.3 Å². The minimum absolute atomic E-state index is 0.0329. The molecule has 1 aromatic rings. The summed E-state index contributed by atoms with van der Waals surface area (Å²) in [4.78, 5) is 26.2. The van der Waals surface area contributed by atoms with E-state index in [1.54, 1.807) is 6.07 Å². The molecule has 1 amide bonds. The van der Waals surface area contributed by atoms with E-state index in [0.717, 1.165) is 25.9 Å². The van der Waals surface area contributed by atoms with Gasteiger partial charge in [0.05, 0.1) is 11.9 Å². The van der Waals surface area contributed by atoms with Crippen molar-refractivity contribution in [2.75, 3.05) is 18.4 Å². The number of rotatable bonds is 4. The van der Waals surface area contributed by atoms with Crippen LogP contribution in [0.1, 0.15) is 29.8 Å². The Morgan fingerprint density at radius 3 is 2.89 bits per heavy atom. The van der Waals surface area contributed by atoms with Gasteiger partial charge in [-0.25, -0.2) is 9.78 Å². The number of anilines is 1. The maximum absolute atomic E-state index is 11.8. The van der Waals surface area contributed by atoms with Crippen LogP contribution in [-0.2, 0) is 4.79 Å². The van der Waals surface area contributed by atoms with Crippen LogP contribution in [-0.4, -0.2) is 35.1 Å². The standard InChI is InChI=1S/C13H17N3O3/c17-12(6-9-2-1-5-14-7-9)16-10-3-4-11(13(18)19)15-8-10/h3-4,8-9,14H,1-2,5-7H2,(H,16,17)(H,18,19). The van der Waals surface area contributed by atoms with E-state index >= 15 is 0 Å². The molecule has 0 aromatic carbocycles. The number of pyridine rings is 1. The molecule has 1 atom stereocenters. The van der Waals surface area contributed by atoms with Crippen LogP contribution in [0.3, 0.4) is 0 Å². The van der Waals surface area contributed by atoms with Gasteiger partial charge in [0.1, 0.15) is 5.69 Å². The Bertz CT molecular complexity index is 453. The molecule has 2 rings (SSSR count). The molecule has 0 aliphatic carbocycles. The van der Waals surface area contributed by atoms with E-state index < -0.39 is 5.97 Å². The number of piperidine rings is 1. The minimum atomic E-state index is -1.08. The molecule has 1 unspecified atom stereocenters. The van der Waals surface area contributed by atoms with Crippen LogP contribution in [0.15, 0.2) is 18.3 Å². The molecule has 102 valence electrons. The summed E-state index contributed by atoms with van der Waals surface area (Å²) >= 11 is 0. The van der Waals surface area contributed by atoms with Crippen molar-refractivity contribution >= 4 is 17.6 Å². The number of aromatic nitrogens is 1. The Morgan fingerprint density at radius 1 is 1.47 bits per heavy atom. The Hall–Kier alpha value is -1.95. The van der Waals surface area contributed by atoms with Gasteiger partial charge >= 0.3 is 5.97 Å². The molecule has 2 heterocycles. The van der Waals surface area contributed by atoms with Crippen molar-refractivity contribution in [1.82, 2.24) is 10.3 Å². The van der Waals surface area contributed by atoms with Crippen LogP contribution < -0.4 is 10.6 Å². The molecule has 19 heavy (non-hydrogen) atoms. The average molecular weight is 263 g/mol. The number of carbonyl (C=O) groups is 2. The lowest BCUT2D eigenvalue weighted by molar-refractivity contribution is -0.117. The van der Waals surface area contributed by atoms with Crippen LogP contribution in [0.2, 0.25) is 0 Å². The van der Waals surface area contributed by atoms with Crippen LogP contribution >= 0.6 is 0 Å². The zero-order valence-corrected chi connectivity index (χ0v) is 10.6. The van der Waals surface area contributed by atoms with E-state index in [4.69, 9.17) is 5.11 Å². The fraction of sp³-hybridized carbons (Fsp3) is 0.462. The highest BCUT2D eigenvalue weighted by Gasteiger charge is 2.16. The summed E-state index contributed by atoms with van der Waals surface area (Å²) in [5.74, 6) is -0.760. The highest BCUT2D eigenvalue weighted by molar-refractivity contribution is 5.91. The third-order valence-corrected chi connectivity index (χ3v) is 3.14. The van der Waals surface area contributed by atoms with Gasteiger partial charge in [0.2, 0.25) is 5.91 Å². The number of nitrogens with zero attached hydrogens (tertiary/aromatic N) is 1. The van der Waals surface area contributed by atoms with Gasteiger partial charge in [-0.1, -0.05) is 0 Å². The second-order valence-electron chi connectivity index (χ2n) is 4.70. The first-order chi connectivity index (χ1) is 9.15. The fourth-order valence-electron chi connectivity index (χ4n) is 2.17. The van der Waals surface area contributed by atoms with Gasteiger partial charge in [0.15, 0.2) is 0 Å². The van der Waals surface area contributed by atoms with E-state index in [1.807, 2.05) is 0 Å². The normalized spacial score (nSPS) is 18.8. The van der Waals surface area contributed by atoms with Gasteiger partial charge in [-0.3, -0.25) is 4.79 Å². The fourth-order valence-corrected chi connectivity index (χ4v) is 2.17. The van der Waals surface area contributed by atoms with Crippen LogP contribution in [0.5, 0.6) is 0 Å². The zero-order valence-electron chi connectivity index (χ0n) is 10.6. The Balaban J connectivity index is 1.85. The number of nitrogens with one attached hydrogen (secondary N) is 2. The maximum atomic E-state index is 11.8. The Labute approximate surface area is 111 Å². The number of hydrogen-bond donors (Lipinski definition) is 3. The number of hydrogen-bond acceptors (Lipinski definition) is 4. The predicted molar refractivity (Wildman–Crippen MR) is 70.0 cm³/mol. The molecule has 6 heteroatoms. The molecule has 1 aliphatic rings. The largest absolute Gasteiger partial charge is 0.477 e. The van der Waals surface area contributed by atoms with Crippen molar-refractivity contribution in [3.05, 3.63) is 24.0 Å². The first-order valence-electron chi connectivity index (χ1n) is 6.35. The molecule has 0 saturated carbocycles. The van der Waals surface area contributed by atoms with E-state index in [0.29, 0.717) is 18.0 Å². The lowest BCUT2D eigenvalue weighted by Gasteiger charge is -2.22. The van der Waals surface area contributed by atoms with Crippen molar-refractivity contribution in [3.63, 3.8) is 0 Å². The monoisotopic (exact) mass is 263 g/mol. The summed E-state index contributed by atoms with van der Waals surface area (Å²) in [6, 6.07) is 2.92. The smallest absolute Gasteiger partial charge is 0.354 e. The SMILES string of the molecule is O=C(CC1CCCNC1)Nc1ccc(C(=O)O)nc1. The van der Waals surface area contributed by atoms with E-state index in [9.17, 15) is 9.59 Å². The third-order valence-electron chi connectivity index (χ3n) is 3.14. The highest BCUT2D eigenvalue weighted by atomic mass is 16.4. The van der Waals surface area contributed by atoms with E-state index in [2.05, 4.69) is 15.6 Å². The van der Waals surface area contributed by atoms with Crippen LogP contribution in [0.4, 0.5) is 5.69 Å². The van der Waals surface area contributed by atoms with Crippen molar-refractivity contribution < 1.29 is 14.7 Å². The van der Waals surface area contributed by atoms with Gasteiger partial charge in [-0.05, 0) is 44.0 Å². The van der Waals surface area contributed by atoms with E-state index in [1.165, 1.54) is 12.3 Å². The average Bonchev–Trinajstić information content (AvgIpc) is 2.40. The summed E-state index contributed by atoms with van der Waals surface area (Å²) in [6.45, 7) is 1.91. The number of aromatic carboxylic acids is 1. The molecule has 0 spiro atoms. The van der Waals surface area contributed by atoms with Gasteiger partial charge in [0.25, 0.3) is 0 Å². The highest BCUT2D eigenvalue weighted by Crippen LogP contribution is 2.15. The van der Waals surface area contributed by atoms with Crippen molar-refractivity contribution in [3.8, 4) is 0 Å². The molecule has 0 bridgehead atoms. The predicted octanol–water partition coefficient (Wildman–Crippen LogP) is 1.11. The summed E-state index contributed by atoms with van der Waals surface area (Å²) in [5, 5.41) is 14.7. The summed E-state index contributed by atoms with van der Waals surface area (Å²) in [6.07, 6.45) is 4.01. The Morgan fingerprint density at radius 2 is 2.32 bits per heavy atom. The van der Waals surface area contributed by atoms with Crippen molar-refractivity contribution in [2.24, 2.45) is 5.92 Å². The van der Waals surface area contributed by atoms with Crippen LogP contribution in [0, 0.1) is 5.92 Å². The number of amides is 1. The quantitative estimate of drug-likeness (QED) is 0.757. The number of carbonyl (C=O) groups excluding carboxylic acids is 1. The molecular weight excluding hydrogens is 246 g/mol. The molecule has 3 N–H and O–H groups in total. The summed E-state index contributed by atoms with van der Waals surface area (Å²) < 4.78 is 0. The Kier molecular flexibility index (Phi) is 4.46. The molecule has 1 aromatic heterocycles. The van der Waals surface area contributed by atoms with Crippen LogP contribution in [0.25, 0.3) is 0 Å². The lowest BCUT2D eigenvalue weighted by Crippen LogP contribution is -2.32. The van der Waals surface area contributed by atoms with Crippen molar-refractivity contribution in [1.29, 1.82) is 0 Å². The summed E-state index contributed by atoms with van der Waals surface area (Å²) in [5.41, 5.74) is 0.494. The van der Waals surface area contributed by atoms with Gasteiger partial charge in [-0.15, -0.1) is 0 Å². The second kappa shape index (κ2) is 6.29. The molecular formula is C13H17N3O3. The number of carboxylic acid groups (broad SMARTS) is 1. The number of carboxylic acids is 1.